The van der Waals surface area contributed by atoms with E-state index in [1.807, 2.05) is 0 Å². The van der Waals surface area contributed by atoms with Crippen LogP contribution in [0.4, 0.5) is 0 Å². The number of rotatable bonds is 12. The number of hydrogen-bond acceptors (Lipinski definition) is 5. The number of aromatic amines is 1. The van der Waals surface area contributed by atoms with Gasteiger partial charge in [0.2, 0.25) is 17.1 Å². The first-order chi connectivity index (χ1) is 16.0. The first-order valence-electron chi connectivity index (χ1n) is 12.0. The highest BCUT2D eigenvalue weighted by Crippen LogP contribution is 2.47. The molecule has 1 aromatic heterocycles. The van der Waals surface area contributed by atoms with Crippen LogP contribution in [0, 0.1) is 18.8 Å². The van der Waals surface area contributed by atoms with Gasteiger partial charge >= 0.3 is 0 Å². The summed E-state index contributed by atoms with van der Waals surface area (Å²) in [6.07, 6.45) is 10.4. The van der Waals surface area contributed by atoms with E-state index in [1.54, 1.807) is 14.0 Å². The summed E-state index contributed by atoms with van der Waals surface area (Å²) in [4.78, 5) is 15.7. The molecule has 1 aliphatic heterocycles. The lowest BCUT2D eigenvalue weighted by Gasteiger charge is -2.25. The highest BCUT2D eigenvalue weighted by Gasteiger charge is 2.60. The van der Waals surface area contributed by atoms with Gasteiger partial charge < -0.3 is 23.9 Å². The van der Waals surface area contributed by atoms with Gasteiger partial charge in [0.05, 0.1) is 26.4 Å². The van der Waals surface area contributed by atoms with Crippen molar-refractivity contribution in [1.82, 2.24) is 4.98 Å². The normalized spacial score (nSPS) is 22.9. The van der Waals surface area contributed by atoms with Gasteiger partial charge in [-0.1, -0.05) is 56.2 Å². The molecule has 190 valence electrons. The molecule has 1 N–H and O–H groups in total. The lowest BCUT2D eigenvalue weighted by atomic mass is 9.86. The first kappa shape index (κ1) is 27.9. The molecular weight excluding hydrogens is 430 g/mol. The second-order valence-corrected chi connectivity index (χ2v) is 9.88. The fourth-order valence-corrected chi connectivity index (χ4v) is 4.82. The van der Waals surface area contributed by atoms with Crippen LogP contribution in [-0.4, -0.2) is 44.1 Å². The van der Waals surface area contributed by atoms with Crippen LogP contribution in [-0.2, 0) is 15.9 Å². The Morgan fingerprint density at radius 3 is 2.38 bits per heavy atom. The quantitative estimate of drug-likeness (QED) is 0.245. The lowest BCUT2D eigenvalue weighted by Crippen LogP contribution is -2.37. The summed E-state index contributed by atoms with van der Waals surface area (Å²) in [6.45, 7) is 14.7. The number of allylic oxidation sites excluding steroid dienone is 5. The molecular formula is C28H43NO5. The molecule has 1 saturated heterocycles. The maximum Gasteiger partial charge on any atom is 0.238 e. The van der Waals surface area contributed by atoms with E-state index in [4.69, 9.17) is 18.9 Å². The van der Waals surface area contributed by atoms with Crippen LogP contribution >= 0.6 is 0 Å². The maximum atomic E-state index is 12.5. The fraction of sp³-hybridized carbons (Fsp3) is 0.607. The molecule has 0 spiro atoms. The molecule has 0 radical (unpaired) electrons. The average molecular weight is 474 g/mol. The second-order valence-electron chi connectivity index (χ2n) is 9.88. The third-order valence-corrected chi connectivity index (χ3v) is 6.67. The zero-order valence-electron chi connectivity index (χ0n) is 22.6. The van der Waals surface area contributed by atoms with Crippen molar-refractivity contribution in [3.8, 4) is 11.6 Å². The number of H-pyrrole nitrogens is 1. The predicted octanol–water partition coefficient (Wildman–Crippen LogP) is 5.55. The lowest BCUT2D eigenvalue weighted by molar-refractivity contribution is 0.0131. The highest BCUT2D eigenvalue weighted by atomic mass is 16.6. The molecule has 4 atom stereocenters. The number of epoxide rings is 1. The average Bonchev–Trinajstić information content (AvgIpc) is 3.47. The Kier molecular flexibility index (Phi) is 9.77. The van der Waals surface area contributed by atoms with E-state index < -0.39 is 0 Å². The number of ether oxygens (including phenoxy) is 4. The van der Waals surface area contributed by atoms with E-state index in [0.29, 0.717) is 23.8 Å². The highest BCUT2D eigenvalue weighted by molar-refractivity contribution is 5.40. The van der Waals surface area contributed by atoms with Crippen molar-refractivity contribution >= 4 is 0 Å². The molecule has 1 aromatic rings. The SMILES string of the molecule is COc1[nH]c(CC=C(C)CC=CC(C)=CC(C)C(OC)C2(C)OC2C(C)C)c(C)c(=O)c1OC. The topological polar surface area (TPSA) is 73.1 Å². The Hall–Kier alpha value is -2.31. The Balaban J connectivity index is 2.00. The number of hydrogen-bond donors (Lipinski definition) is 1. The van der Waals surface area contributed by atoms with Gasteiger partial charge in [-0.15, -0.1) is 0 Å². The number of pyridine rings is 1. The van der Waals surface area contributed by atoms with E-state index in [9.17, 15) is 4.79 Å². The summed E-state index contributed by atoms with van der Waals surface area (Å²) in [5.41, 5.74) is 3.54. The van der Waals surface area contributed by atoms with Gasteiger partial charge in [-0.2, -0.15) is 0 Å². The minimum absolute atomic E-state index is 0.0248. The van der Waals surface area contributed by atoms with Crippen molar-refractivity contribution in [2.24, 2.45) is 11.8 Å². The van der Waals surface area contributed by atoms with Crippen LogP contribution in [0.5, 0.6) is 11.6 Å². The third-order valence-electron chi connectivity index (χ3n) is 6.67. The number of nitrogens with one attached hydrogen (secondary N) is 1. The second kappa shape index (κ2) is 11.9. The van der Waals surface area contributed by atoms with Gasteiger partial charge in [0.1, 0.15) is 5.60 Å². The van der Waals surface area contributed by atoms with Crippen molar-refractivity contribution in [3.63, 3.8) is 0 Å². The molecule has 6 heteroatoms. The van der Waals surface area contributed by atoms with E-state index in [1.165, 1.54) is 25.4 Å². The molecule has 1 fully saturated rings. The van der Waals surface area contributed by atoms with Crippen molar-refractivity contribution < 1.29 is 18.9 Å². The van der Waals surface area contributed by atoms with Gasteiger partial charge in [0.15, 0.2) is 0 Å². The molecule has 34 heavy (non-hydrogen) atoms. The zero-order valence-corrected chi connectivity index (χ0v) is 22.6. The van der Waals surface area contributed by atoms with Gasteiger partial charge in [-0.25, -0.2) is 0 Å². The fourth-order valence-electron chi connectivity index (χ4n) is 4.82. The van der Waals surface area contributed by atoms with Crippen LogP contribution in [0.15, 0.2) is 40.2 Å². The Morgan fingerprint density at radius 1 is 1.18 bits per heavy atom. The summed E-state index contributed by atoms with van der Waals surface area (Å²) in [5, 5.41) is 0. The summed E-state index contributed by atoms with van der Waals surface area (Å²) in [6, 6.07) is 0. The Morgan fingerprint density at radius 2 is 1.85 bits per heavy atom. The molecule has 1 aliphatic rings. The van der Waals surface area contributed by atoms with Crippen LogP contribution in [0.2, 0.25) is 0 Å². The van der Waals surface area contributed by atoms with E-state index in [2.05, 4.69) is 70.8 Å². The van der Waals surface area contributed by atoms with Crippen molar-refractivity contribution in [2.75, 3.05) is 21.3 Å². The molecule has 0 amide bonds. The zero-order chi connectivity index (χ0) is 25.6. The van der Waals surface area contributed by atoms with Gasteiger partial charge in [-0.3, -0.25) is 4.79 Å². The minimum atomic E-state index is -0.217. The first-order valence-corrected chi connectivity index (χ1v) is 12.0. The van der Waals surface area contributed by atoms with Gasteiger partial charge in [0.25, 0.3) is 0 Å². The molecule has 0 aromatic carbocycles. The summed E-state index contributed by atoms with van der Waals surface area (Å²) < 4.78 is 22.3. The van der Waals surface area contributed by atoms with Crippen LogP contribution in [0.1, 0.15) is 59.2 Å². The molecule has 0 aliphatic carbocycles. The predicted molar refractivity (Wildman–Crippen MR) is 138 cm³/mol. The smallest absolute Gasteiger partial charge is 0.238 e. The summed E-state index contributed by atoms with van der Waals surface area (Å²) >= 11 is 0. The van der Waals surface area contributed by atoms with E-state index in [-0.39, 0.29) is 34.9 Å². The number of aromatic nitrogens is 1. The third kappa shape index (κ3) is 6.42. The van der Waals surface area contributed by atoms with E-state index in [0.717, 1.165) is 12.1 Å². The van der Waals surface area contributed by atoms with Crippen LogP contribution < -0.4 is 14.9 Å². The maximum absolute atomic E-state index is 12.5. The Bertz CT molecular complexity index is 987. The van der Waals surface area contributed by atoms with Crippen molar-refractivity contribution in [1.29, 1.82) is 0 Å². The molecule has 4 unspecified atom stereocenters. The minimum Gasteiger partial charge on any atom is -0.488 e. The largest absolute Gasteiger partial charge is 0.488 e. The molecule has 6 nitrogen and oxygen atoms in total. The molecule has 2 rings (SSSR count). The van der Waals surface area contributed by atoms with Crippen molar-refractivity contribution in [3.05, 3.63) is 56.9 Å². The van der Waals surface area contributed by atoms with Crippen molar-refractivity contribution in [2.45, 2.75) is 79.1 Å². The van der Waals surface area contributed by atoms with Crippen LogP contribution in [0.3, 0.4) is 0 Å². The number of methoxy groups -OCH3 is 3. The standard InChI is InChI=1S/C28H43NO5/c1-17(2)25-28(7,34-25)26(32-9)20(5)16-19(4)13-11-12-18(3)14-15-22-21(6)23(30)24(31-8)27(29-22)33-10/h11,13-14,16-17,20,25-26H,12,15H2,1-10H3,(H,29,30). The van der Waals surface area contributed by atoms with Crippen LogP contribution in [0.25, 0.3) is 0 Å². The summed E-state index contributed by atoms with van der Waals surface area (Å²) in [7, 11) is 4.76. The summed E-state index contributed by atoms with van der Waals surface area (Å²) in [5.74, 6) is 1.29. The monoisotopic (exact) mass is 473 g/mol. The van der Waals surface area contributed by atoms with Gasteiger partial charge in [0, 0.05) is 30.7 Å². The molecule has 2 heterocycles. The molecule has 0 saturated carbocycles. The van der Waals surface area contributed by atoms with E-state index >= 15 is 0 Å². The Labute approximate surface area is 205 Å². The molecule has 0 bridgehead atoms. The van der Waals surface area contributed by atoms with Gasteiger partial charge in [-0.05, 0) is 40.0 Å².